The van der Waals surface area contributed by atoms with Gasteiger partial charge >= 0.3 is 47.8 Å². The van der Waals surface area contributed by atoms with Crippen molar-refractivity contribution >= 4 is 47.8 Å². The van der Waals surface area contributed by atoms with Crippen molar-refractivity contribution in [2.75, 3.05) is 167 Å². The maximum absolute atomic E-state index is 11.0. The molecule has 39 nitrogen and oxygen atoms in total. The van der Waals surface area contributed by atoms with Gasteiger partial charge in [0.1, 0.15) is 18.1 Å². The summed E-state index contributed by atoms with van der Waals surface area (Å²) in [7, 11) is 7.23. The van der Waals surface area contributed by atoms with Gasteiger partial charge in [0.15, 0.2) is 5.79 Å². The highest BCUT2D eigenvalue weighted by Crippen LogP contribution is 2.21. The molecule has 1 fully saturated rings. The van der Waals surface area contributed by atoms with E-state index in [9.17, 15) is 38.4 Å². The number of carboxylic acid groups (broad SMARTS) is 5. The Morgan fingerprint density at radius 3 is 1.19 bits per heavy atom. The van der Waals surface area contributed by atoms with Crippen molar-refractivity contribution in [1.29, 1.82) is 0 Å². The van der Waals surface area contributed by atoms with Gasteiger partial charge in [-0.3, -0.25) is 38.4 Å². The zero-order valence-corrected chi connectivity index (χ0v) is 61.0. The highest BCUT2D eigenvalue weighted by atomic mass is 16.7. The number of benzene rings is 1. The third-order valence-electron chi connectivity index (χ3n) is 9.24. The summed E-state index contributed by atoms with van der Waals surface area (Å²) in [6.45, 7) is 21.9. The number of esters is 3. The summed E-state index contributed by atoms with van der Waals surface area (Å²) < 4.78 is 47.7. The van der Waals surface area contributed by atoms with Crippen LogP contribution in [-0.2, 0) is 85.7 Å². The van der Waals surface area contributed by atoms with Gasteiger partial charge in [-0.05, 0) is 99.3 Å². The molecule has 1 heterocycles. The number of unbranched alkanes of at least 4 members (excludes halogenated alkanes) is 1. The molecule has 0 spiro atoms. The summed E-state index contributed by atoms with van der Waals surface area (Å²) in [4.78, 5) is 78.8. The summed E-state index contributed by atoms with van der Waals surface area (Å²) in [5.74, 6) is -5.86. The zero-order valence-electron chi connectivity index (χ0n) is 61.0. The summed E-state index contributed by atoms with van der Waals surface area (Å²) in [5.41, 5.74) is 71.4. The van der Waals surface area contributed by atoms with E-state index in [0.29, 0.717) is 98.3 Å². The van der Waals surface area contributed by atoms with Gasteiger partial charge in [0.2, 0.25) is 0 Å². The molecule has 0 aromatic heterocycles. The SMILES string of the molecule is CC(N)C(=O)O.CC(O)CN.CC1(C)OCC(CN)O1.CCOCCCN.COC(=O)C(C)N.COC(=O)C(N)c1ccccc1.COC(=O)CN.COC(C)CN.COCCOCCN.NCC(=O)O.NCCC(=O)O.NCCCC(=O)O.NCCCCC(=O)O.NCCOCCO. The summed E-state index contributed by atoms with van der Waals surface area (Å²) >= 11 is 0. The van der Waals surface area contributed by atoms with Crippen molar-refractivity contribution in [3.8, 4) is 0 Å². The van der Waals surface area contributed by atoms with Crippen LogP contribution in [0.1, 0.15) is 105 Å². The van der Waals surface area contributed by atoms with E-state index in [4.69, 9.17) is 143 Å². The van der Waals surface area contributed by atoms with Crippen LogP contribution in [0.4, 0.5) is 0 Å². The van der Waals surface area contributed by atoms with Crippen LogP contribution in [0.2, 0.25) is 0 Å². The first-order chi connectivity index (χ1) is 46.4. The van der Waals surface area contributed by atoms with E-state index >= 15 is 0 Å². The predicted molar refractivity (Wildman–Crippen MR) is 377 cm³/mol. The average molecular weight is 1450 g/mol. The molecule has 6 atom stereocenters. The van der Waals surface area contributed by atoms with Gasteiger partial charge in [0, 0.05) is 79.5 Å². The fourth-order valence-electron chi connectivity index (χ4n) is 3.87. The molecular weight excluding hydrogens is 1320 g/mol. The Labute approximate surface area is 586 Å². The summed E-state index contributed by atoms with van der Waals surface area (Å²) in [6, 6.07) is 7.22. The first-order valence-electron chi connectivity index (χ1n) is 31.1. The molecule has 35 N–H and O–H groups in total. The summed E-state index contributed by atoms with van der Waals surface area (Å²) in [6.07, 6.45) is 3.55. The van der Waals surface area contributed by atoms with Crippen LogP contribution in [0.3, 0.4) is 0 Å². The summed E-state index contributed by atoms with van der Waals surface area (Å²) in [5, 5.41) is 55.7. The fourth-order valence-corrected chi connectivity index (χ4v) is 3.87. The maximum Gasteiger partial charge on any atom is 0.327 e. The normalized spacial score (nSPS) is 12.7. The van der Waals surface area contributed by atoms with Crippen LogP contribution >= 0.6 is 0 Å². The number of nitrogens with two attached hydrogens (primary N) is 14. The van der Waals surface area contributed by atoms with Gasteiger partial charge in [0.25, 0.3) is 0 Å². The number of carboxylic acids is 5. The fraction of sp³-hybridized carbons (Fsp3) is 0.767. The number of ether oxygens (including phenoxy) is 10. The first kappa shape index (κ1) is 120. The largest absolute Gasteiger partial charge is 0.481 e. The number of aliphatic carboxylic acids is 5. The lowest BCUT2D eigenvalue weighted by Crippen LogP contribution is -2.27. The average Bonchev–Trinajstić information content (AvgIpc) is 1.83. The zero-order chi connectivity index (χ0) is 79.9. The van der Waals surface area contributed by atoms with Crippen LogP contribution in [-0.4, -0.2) is 287 Å². The Bertz CT molecular complexity index is 1810. The number of methoxy groups -OCH3 is 5. The van der Waals surface area contributed by atoms with E-state index in [1.165, 1.54) is 28.3 Å². The minimum atomic E-state index is -0.968. The molecule has 1 aromatic rings. The van der Waals surface area contributed by atoms with Crippen LogP contribution in [0, 0.1) is 0 Å². The number of hydrogen-bond acceptors (Lipinski definition) is 34. The van der Waals surface area contributed by atoms with E-state index in [1.54, 1.807) is 40.2 Å². The molecule has 0 aliphatic carbocycles. The molecule has 1 saturated heterocycles. The van der Waals surface area contributed by atoms with Crippen LogP contribution in [0.15, 0.2) is 30.3 Å². The molecule has 596 valence electrons. The van der Waals surface area contributed by atoms with Crippen molar-refractivity contribution in [3.05, 3.63) is 35.9 Å². The minimum Gasteiger partial charge on any atom is -0.481 e. The van der Waals surface area contributed by atoms with E-state index in [2.05, 4.69) is 19.9 Å². The van der Waals surface area contributed by atoms with Crippen molar-refractivity contribution in [2.24, 2.45) is 80.3 Å². The second-order valence-corrected chi connectivity index (χ2v) is 19.0. The molecule has 0 amide bonds. The minimum absolute atomic E-state index is 0.0312. The predicted octanol–water partition coefficient (Wildman–Crippen LogP) is -4.30. The Kier molecular flexibility index (Phi) is 122. The topological polar surface area (TPSA) is 735 Å². The van der Waals surface area contributed by atoms with E-state index in [0.717, 1.165) is 38.2 Å². The van der Waals surface area contributed by atoms with E-state index in [-0.39, 0.29) is 75.8 Å². The van der Waals surface area contributed by atoms with Gasteiger partial charge < -0.3 is 163 Å². The Balaban J connectivity index is -0.0000000829. The van der Waals surface area contributed by atoms with Crippen molar-refractivity contribution in [2.45, 2.75) is 136 Å². The van der Waals surface area contributed by atoms with Crippen LogP contribution < -0.4 is 80.3 Å². The van der Waals surface area contributed by atoms with E-state index < -0.39 is 59.7 Å². The maximum atomic E-state index is 11.0. The second kappa shape index (κ2) is 101. The lowest BCUT2D eigenvalue weighted by Gasteiger charge is -2.15. The molecule has 0 saturated carbocycles. The monoisotopic (exact) mass is 1450 g/mol. The van der Waals surface area contributed by atoms with Crippen molar-refractivity contribution < 1.29 is 121 Å². The molecule has 39 heteroatoms. The number of aliphatic hydroxyl groups excluding tert-OH is 2. The van der Waals surface area contributed by atoms with Crippen molar-refractivity contribution in [3.63, 3.8) is 0 Å². The molecular formula is C60H136N14O25. The van der Waals surface area contributed by atoms with Gasteiger partial charge in [0.05, 0.1) is 105 Å². The molecule has 0 radical (unpaired) electrons. The Morgan fingerprint density at radius 1 is 0.535 bits per heavy atom. The number of hydrogen-bond donors (Lipinski definition) is 21. The third kappa shape index (κ3) is 144. The van der Waals surface area contributed by atoms with Gasteiger partial charge in [-0.15, -0.1) is 0 Å². The Hall–Kier alpha value is -5.94. The van der Waals surface area contributed by atoms with E-state index in [1.807, 2.05) is 45.9 Å². The highest BCUT2D eigenvalue weighted by Gasteiger charge is 2.31. The number of carbonyl (C=O) groups is 8. The van der Waals surface area contributed by atoms with Crippen LogP contribution in [0.25, 0.3) is 0 Å². The lowest BCUT2D eigenvalue weighted by molar-refractivity contribution is -0.143. The standard InChI is InChI=1S/C9H11NO2.C6H13NO2.C5H13NO2.C5H11NO2.C5H13NO.C4H9NO2.C4H11NO2.C4H9NO2.C4H11NO.3C3H7NO2.C3H9NO.C2H5NO2/c1-12-9(11)8(10)7-5-3-2-4-6-7;1-6(2)8-4-5(3-7)9-6;1-7-4-5-8-3-2-6;6-4-2-1-3-5(7)8;1-2-7-5-3-4-6;1-3(5)4(6)7-2;5-1-3-7-4-2-6;5-3-1-2-4(6)7;1-4(3-5)6-2;1-6-3(5)2-4;1-2(4)3(5)6;4-2-1-3(5)6;1-3(5)2-4;3-1-2(4)5/h2-6,8H,10H2,1H3;5H,3-4,7H2,1-2H3;2-6H2,1H3;1-4,6H2,(H,7,8);2-6H2,1H3;3H,5H2,1-2H3;6H,1-5H2;1-3,5H2,(H,6,7);4H,3,5H2,1-2H3;2,4H2,1H3;2H,4H2,1H3,(H,5,6);1-2,4H2,(H,5,6);3,5H,2,4H2,1H3;1,3H2,(H,4,5). The molecule has 1 aliphatic heterocycles. The number of carbonyl (C=O) groups excluding carboxylic acids is 3. The van der Waals surface area contributed by atoms with Gasteiger partial charge in [-0.2, -0.15) is 0 Å². The second-order valence-electron chi connectivity index (χ2n) is 19.0. The quantitative estimate of drug-likeness (QED) is 0.0184. The molecule has 1 aliphatic rings. The van der Waals surface area contributed by atoms with Crippen LogP contribution in [0.5, 0.6) is 0 Å². The molecule has 99 heavy (non-hydrogen) atoms. The molecule has 1 aromatic carbocycles. The van der Waals surface area contributed by atoms with Gasteiger partial charge in [-0.25, -0.2) is 0 Å². The Morgan fingerprint density at radius 2 is 0.980 bits per heavy atom. The third-order valence-corrected chi connectivity index (χ3v) is 9.24. The first-order valence-corrected chi connectivity index (χ1v) is 31.1. The molecule has 6 unspecified atom stereocenters. The molecule has 2 rings (SSSR count). The molecule has 0 bridgehead atoms. The van der Waals surface area contributed by atoms with Gasteiger partial charge in [-0.1, -0.05) is 30.3 Å². The lowest BCUT2D eigenvalue weighted by atomic mass is 10.1. The smallest absolute Gasteiger partial charge is 0.327 e. The highest BCUT2D eigenvalue weighted by molar-refractivity contribution is 5.77. The number of rotatable bonds is 32. The van der Waals surface area contributed by atoms with Crippen molar-refractivity contribution in [1.82, 2.24) is 0 Å². The number of aliphatic hydroxyl groups is 2.